The molecule has 0 aliphatic rings. The summed E-state index contributed by atoms with van der Waals surface area (Å²) in [5.41, 5.74) is 0. The van der Waals surface area contributed by atoms with Crippen LogP contribution in [0.15, 0.2) is 12.4 Å². The van der Waals surface area contributed by atoms with E-state index in [4.69, 9.17) is 11.6 Å². The van der Waals surface area contributed by atoms with Gasteiger partial charge >= 0.3 is 0 Å². The monoisotopic (exact) mass is 259 g/mol. The van der Waals surface area contributed by atoms with Crippen LogP contribution in [0.2, 0.25) is 5.15 Å². The minimum Gasteiger partial charge on any atom is -0.367 e. The van der Waals surface area contributed by atoms with Gasteiger partial charge in [-0.2, -0.15) is 11.8 Å². The van der Waals surface area contributed by atoms with Crippen LogP contribution in [0.5, 0.6) is 0 Å². The highest BCUT2D eigenvalue weighted by atomic mass is 35.5. The third-order valence-electron chi connectivity index (χ3n) is 2.92. The second-order valence-corrected chi connectivity index (χ2v) is 5.34. The molecule has 1 aromatic rings. The minimum absolute atomic E-state index is 0.268. The van der Waals surface area contributed by atoms with Crippen LogP contribution in [0.25, 0.3) is 0 Å². The van der Waals surface area contributed by atoms with Crippen molar-refractivity contribution in [1.29, 1.82) is 0 Å². The number of aromatic nitrogens is 2. The van der Waals surface area contributed by atoms with Gasteiger partial charge in [0.05, 0.1) is 12.4 Å². The number of hydrogen-bond donors (Lipinski definition) is 1. The van der Waals surface area contributed by atoms with E-state index in [0.717, 1.165) is 25.2 Å². The summed E-state index contributed by atoms with van der Waals surface area (Å²) in [5.74, 6) is 0.743. The van der Waals surface area contributed by atoms with E-state index in [1.54, 1.807) is 6.20 Å². The molecule has 0 atom stereocenters. The zero-order chi connectivity index (χ0) is 12.0. The van der Waals surface area contributed by atoms with E-state index in [-0.39, 0.29) is 4.75 Å². The Labute approximate surface area is 106 Å². The van der Waals surface area contributed by atoms with Crippen LogP contribution in [0.1, 0.15) is 26.7 Å². The Morgan fingerprint density at radius 3 is 2.56 bits per heavy atom. The van der Waals surface area contributed by atoms with Gasteiger partial charge in [-0.05, 0) is 19.1 Å². The largest absolute Gasteiger partial charge is 0.367 e. The first kappa shape index (κ1) is 13.6. The number of hydrogen-bond acceptors (Lipinski definition) is 4. The smallest absolute Gasteiger partial charge is 0.149 e. The van der Waals surface area contributed by atoms with E-state index < -0.39 is 0 Å². The van der Waals surface area contributed by atoms with Crippen LogP contribution in [-0.4, -0.2) is 27.5 Å². The Balaban J connectivity index is 2.62. The van der Waals surface area contributed by atoms with Gasteiger partial charge in [-0.1, -0.05) is 25.4 Å². The Hall–Kier alpha value is -0.480. The Morgan fingerprint density at radius 2 is 2.06 bits per heavy atom. The molecule has 5 heteroatoms. The van der Waals surface area contributed by atoms with Gasteiger partial charge in [0.25, 0.3) is 0 Å². The highest BCUT2D eigenvalue weighted by Crippen LogP contribution is 2.30. The van der Waals surface area contributed by atoms with Crippen molar-refractivity contribution >= 4 is 29.2 Å². The third kappa shape index (κ3) is 3.52. The molecule has 90 valence electrons. The van der Waals surface area contributed by atoms with Crippen LogP contribution in [-0.2, 0) is 0 Å². The second kappa shape index (κ2) is 6.30. The van der Waals surface area contributed by atoms with Crippen molar-refractivity contribution in [2.24, 2.45) is 0 Å². The van der Waals surface area contributed by atoms with Gasteiger partial charge in [0.1, 0.15) is 11.0 Å². The number of anilines is 1. The number of nitrogens with zero attached hydrogens (tertiary/aromatic N) is 2. The van der Waals surface area contributed by atoms with E-state index in [1.165, 1.54) is 6.20 Å². The molecule has 0 radical (unpaired) electrons. The summed E-state index contributed by atoms with van der Waals surface area (Å²) in [7, 11) is 0. The SMILES string of the molecule is CCC(CC)(CNc1cncc(Cl)n1)SC. The van der Waals surface area contributed by atoms with Gasteiger partial charge in [-0.3, -0.25) is 4.98 Å². The minimum atomic E-state index is 0.268. The normalized spacial score (nSPS) is 11.5. The average Bonchev–Trinajstić information content (AvgIpc) is 2.32. The van der Waals surface area contributed by atoms with Crippen LogP contribution in [0.4, 0.5) is 5.82 Å². The molecular formula is C11H18ClN3S. The molecule has 1 heterocycles. The zero-order valence-corrected chi connectivity index (χ0v) is 11.5. The lowest BCUT2D eigenvalue weighted by molar-refractivity contribution is 0.574. The first-order valence-corrected chi connectivity index (χ1v) is 7.02. The zero-order valence-electron chi connectivity index (χ0n) is 9.96. The van der Waals surface area contributed by atoms with Crippen molar-refractivity contribution in [1.82, 2.24) is 9.97 Å². The molecule has 0 aliphatic carbocycles. The summed E-state index contributed by atoms with van der Waals surface area (Å²) >= 11 is 7.67. The van der Waals surface area contributed by atoms with Gasteiger partial charge in [-0.25, -0.2) is 4.98 Å². The molecule has 0 aliphatic heterocycles. The molecule has 0 fully saturated rings. The van der Waals surface area contributed by atoms with Gasteiger partial charge in [0.15, 0.2) is 0 Å². The lowest BCUT2D eigenvalue weighted by Crippen LogP contribution is -2.32. The molecule has 0 aromatic carbocycles. The summed E-state index contributed by atoms with van der Waals surface area (Å²) < 4.78 is 0.268. The van der Waals surface area contributed by atoms with Gasteiger partial charge in [0, 0.05) is 11.3 Å². The number of thioether (sulfide) groups is 1. The van der Waals surface area contributed by atoms with Crippen molar-refractivity contribution in [2.75, 3.05) is 18.1 Å². The maximum absolute atomic E-state index is 5.78. The maximum atomic E-state index is 5.78. The van der Waals surface area contributed by atoms with E-state index in [0.29, 0.717) is 5.15 Å². The molecule has 3 nitrogen and oxygen atoms in total. The van der Waals surface area contributed by atoms with E-state index in [1.807, 2.05) is 11.8 Å². The van der Waals surface area contributed by atoms with Gasteiger partial charge < -0.3 is 5.32 Å². The summed E-state index contributed by atoms with van der Waals surface area (Å²) in [6.07, 6.45) is 7.64. The second-order valence-electron chi connectivity index (χ2n) is 3.67. The van der Waals surface area contributed by atoms with Crippen molar-refractivity contribution in [3.8, 4) is 0 Å². The highest BCUT2D eigenvalue weighted by Gasteiger charge is 2.24. The standard InChI is InChI=1S/C11H18ClN3S/c1-4-11(5-2,16-3)8-14-10-7-13-6-9(12)15-10/h6-7H,4-5,8H2,1-3H3,(H,14,15). The fourth-order valence-electron chi connectivity index (χ4n) is 1.54. The van der Waals surface area contributed by atoms with Crippen molar-refractivity contribution in [2.45, 2.75) is 31.4 Å². The number of halogens is 1. The van der Waals surface area contributed by atoms with E-state index in [2.05, 4.69) is 35.4 Å². The fraction of sp³-hybridized carbons (Fsp3) is 0.636. The van der Waals surface area contributed by atoms with Crippen LogP contribution in [0.3, 0.4) is 0 Å². The third-order valence-corrected chi connectivity index (χ3v) is 4.69. The lowest BCUT2D eigenvalue weighted by Gasteiger charge is -2.29. The Morgan fingerprint density at radius 1 is 1.38 bits per heavy atom. The Kier molecular flexibility index (Phi) is 5.35. The molecule has 0 bridgehead atoms. The molecule has 0 saturated carbocycles. The molecule has 0 saturated heterocycles. The van der Waals surface area contributed by atoms with Gasteiger partial charge in [-0.15, -0.1) is 0 Å². The summed E-state index contributed by atoms with van der Waals surface area (Å²) in [4.78, 5) is 8.16. The molecule has 0 unspecified atom stereocenters. The molecule has 0 amide bonds. The predicted octanol–water partition coefficient (Wildman–Crippen LogP) is 3.46. The number of rotatable bonds is 6. The topological polar surface area (TPSA) is 37.8 Å². The fourth-order valence-corrected chi connectivity index (χ4v) is 2.48. The first-order chi connectivity index (χ1) is 7.65. The van der Waals surface area contributed by atoms with Crippen LogP contribution >= 0.6 is 23.4 Å². The summed E-state index contributed by atoms with van der Waals surface area (Å²) in [6.45, 7) is 5.31. The average molecular weight is 260 g/mol. The highest BCUT2D eigenvalue weighted by molar-refractivity contribution is 8.00. The van der Waals surface area contributed by atoms with Crippen molar-refractivity contribution in [3.05, 3.63) is 17.5 Å². The molecule has 0 spiro atoms. The number of nitrogens with one attached hydrogen (secondary N) is 1. The predicted molar refractivity (Wildman–Crippen MR) is 72.4 cm³/mol. The maximum Gasteiger partial charge on any atom is 0.149 e. The molecule has 1 aromatic heterocycles. The Bertz CT molecular complexity index is 320. The van der Waals surface area contributed by atoms with Crippen molar-refractivity contribution in [3.63, 3.8) is 0 Å². The molecular weight excluding hydrogens is 242 g/mol. The summed E-state index contributed by atoms with van der Waals surface area (Å²) in [6, 6.07) is 0. The quantitative estimate of drug-likeness (QED) is 0.849. The van der Waals surface area contributed by atoms with Crippen molar-refractivity contribution < 1.29 is 0 Å². The van der Waals surface area contributed by atoms with Crippen LogP contribution < -0.4 is 5.32 Å². The molecule has 1 rings (SSSR count). The van der Waals surface area contributed by atoms with E-state index in [9.17, 15) is 0 Å². The first-order valence-electron chi connectivity index (χ1n) is 5.42. The van der Waals surface area contributed by atoms with Gasteiger partial charge in [0.2, 0.25) is 0 Å². The van der Waals surface area contributed by atoms with E-state index >= 15 is 0 Å². The summed E-state index contributed by atoms with van der Waals surface area (Å²) in [5, 5.41) is 3.72. The molecule has 16 heavy (non-hydrogen) atoms. The van der Waals surface area contributed by atoms with Crippen LogP contribution in [0, 0.1) is 0 Å². The lowest BCUT2D eigenvalue weighted by atomic mass is 10.0. The molecule has 1 N–H and O–H groups in total.